The fourth-order valence-corrected chi connectivity index (χ4v) is 13.4. The highest BCUT2D eigenvalue weighted by molar-refractivity contribution is 7.29. The molecule has 0 bridgehead atoms. The molecule has 10 aromatic carbocycles. The maximum Gasteiger partial charge on any atom is 0.244 e. The average Bonchev–Trinajstić information content (AvgIpc) is 3.79. The van der Waals surface area contributed by atoms with Gasteiger partial charge >= 0.3 is 0 Å². The van der Waals surface area contributed by atoms with Gasteiger partial charge in [0.25, 0.3) is 0 Å². The van der Waals surface area contributed by atoms with Crippen LogP contribution in [0.3, 0.4) is 0 Å². The molecular formula is C52H27BS2. The lowest BCUT2D eigenvalue weighted by molar-refractivity contribution is 1.62. The normalized spacial score (nSPS) is 13.1. The van der Waals surface area contributed by atoms with Gasteiger partial charge in [0.05, 0.1) is 0 Å². The zero-order valence-electron chi connectivity index (χ0n) is 29.5. The summed E-state index contributed by atoms with van der Waals surface area (Å²) in [5.41, 5.74) is 12.2. The minimum Gasteiger partial charge on any atom is -0.134 e. The number of thiophene rings is 2. The van der Waals surface area contributed by atoms with Crippen molar-refractivity contribution < 1.29 is 0 Å². The summed E-state index contributed by atoms with van der Waals surface area (Å²) in [5.74, 6) is 0. The molecule has 55 heavy (non-hydrogen) atoms. The van der Waals surface area contributed by atoms with Gasteiger partial charge in [-0.2, -0.15) is 0 Å². The van der Waals surface area contributed by atoms with Crippen molar-refractivity contribution in [1.82, 2.24) is 0 Å². The predicted octanol–water partition coefficient (Wildman–Crippen LogP) is 13.2. The van der Waals surface area contributed by atoms with Crippen molar-refractivity contribution in [2.75, 3.05) is 0 Å². The summed E-state index contributed by atoms with van der Waals surface area (Å²) in [5, 5.41) is 16.3. The Morgan fingerprint density at radius 2 is 0.691 bits per heavy atom. The standard InChI is InChI=1S/C52H27BS2/c1-2-12-28(13-3-1)33-24-40-38-22-29-14-4-8-18-34(29)49-44(38)46-42(26-31-16-6-10-20-36(31)51(46)54-49)53-43-27-32-17-7-11-21-37(32)52-47(43)45-39(41(25-33)48(40)53)23-30-15-5-9-19-35(30)50(45)55-52/h1-27H. The number of hydrogen-bond acceptors (Lipinski definition) is 2. The minimum absolute atomic E-state index is 0.0238. The Kier molecular flexibility index (Phi) is 5.45. The van der Waals surface area contributed by atoms with E-state index in [1.165, 1.54) is 133 Å². The maximum atomic E-state index is 2.56. The molecule has 2 aromatic heterocycles. The number of fused-ring (bicyclic) bond motifs is 12. The summed E-state index contributed by atoms with van der Waals surface area (Å²) >= 11 is 3.99. The number of benzene rings is 10. The zero-order valence-corrected chi connectivity index (χ0v) is 31.1. The van der Waals surface area contributed by atoms with E-state index < -0.39 is 0 Å². The SMILES string of the molecule is c1ccc(-c2cc3c4c(c2)-c2cc5ccccc5c5sc6c7ccccc7cc(c6c25)B4c2cc4ccccc4c4sc5c6ccccc6cc-3c5c24)cc1. The van der Waals surface area contributed by atoms with E-state index in [9.17, 15) is 0 Å². The van der Waals surface area contributed by atoms with Crippen molar-refractivity contribution in [1.29, 1.82) is 0 Å². The molecule has 0 fully saturated rings. The number of rotatable bonds is 1. The summed E-state index contributed by atoms with van der Waals surface area (Å²) in [7, 11) is 0. The average molecular weight is 727 g/mol. The highest BCUT2D eigenvalue weighted by Gasteiger charge is 2.39. The Labute approximate surface area is 324 Å². The molecule has 4 heterocycles. The van der Waals surface area contributed by atoms with Crippen molar-refractivity contribution in [3.63, 3.8) is 0 Å². The molecule has 250 valence electrons. The smallest absolute Gasteiger partial charge is 0.134 e. The van der Waals surface area contributed by atoms with Gasteiger partial charge in [-0.1, -0.05) is 156 Å². The molecule has 0 spiro atoms. The van der Waals surface area contributed by atoms with Gasteiger partial charge in [0.1, 0.15) is 0 Å². The second kappa shape index (κ2) is 10.3. The first-order valence-electron chi connectivity index (χ1n) is 19.1. The number of hydrogen-bond donors (Lipinski definition) is 0. The molecule has 0 amide bonds. The van der Waals surface area contributed by atoms with E-state index in [1.807, 2.05) is 22.7 Å². The van der Waals surface area contributed by atoms with Gasteiger partial charge in [0, 0.05) is 29.6 Å². The molecule has 14 rings (SSSR count). The molecule has 0 N–H and O–H groups in total. The van der Waals surface area contributed by atoms with Gasteiger partial charge in [-0.05, 0) is 112 Å². The van der Waals surface area contributed by atoms with Crippen LogP contribution in [0.15, 0.2) is 164 Å². The van der Waals surface area contributed by atoms with E-state index >= 15 is 0 Å². The van der Waals surface area contributed by atoms with Gasteiger partial charge < -0.3 is 0 Å². The van der Waals surface area contributed by atoms with Crippen molar-refractivity contribution in [3.05, 3.63) is 164 Å². The molecule has 0 unspecified atom stereocenters. The third kappa shape index (κ3) is 3.64. The van der Waals surface area contributed by atoms with Crippen molar-refractivity contribution in [2.45, 2.75) is 0 Å². The van der Waals surface area contributed by atoms with Crippen LogP contribution in [0.2, 0.25) is 0 Å². The van der Waals surface area contributed by atoms with Crippen LogP contribution < -0.4 is 16.4 Å². The van der Waals surface area contributed by atoms with Crippen LogP contribution >= 0.6 is 22.7 Å². The topological polar surface area (TPSA) is 0 Å². The van der Waals surface area contributed by atoms with Gasteiger partial charge in [0.15, 0.2) is 0 Å². The van der Waals surface area contributed by atoms with Crippen LogP contribution in [-0.2, 0) is 0 Å². The van der Waals surface area contributed by atoms with E-state index in [4.69, 9.17) is 0 Å². The molecule has 2 aliphatic heterocycles. The third-order valence-corrected chi connectivity index (χ3v) is 15.3. The van der Waals surface area contributed by atoms with Gasteiger partial charge in [0.2, 0.25) is 6.71 Å². The first-order chi connectivity index (χ1) is 27.3. The van der Waals surface area contributed by atoms with E-state index in [2.05, 4.69) is 164 Å². The summed E-state index contributed by atoms with van der Waals surface area (Å²) in [6, 6.07) is 62.6. The van der Waals surface area contributed by atoms with Crippen LogP contribution in [0.4, 0.5) is 0 Å². The van der Waals surface area contributed by atoms with Crippen molar-refractivity contribution in [2.24, 2.45) is 0 Å². The maximum absolute atomic E-state index is 2.56. The van der Waals surface area contributed by atoms with Gasteiger partial charge in [-0.25, -0.2) is 0 Å². The fourth-order valence-electron chi connectivity index (χ4n) is 10.5. The van der Waals surface area contributed by atoms with Crippen LogP contribution in [0, 0.1) is 0 Å². The molecule has 0 aliphatic carbocycles. The summed E-state index contributed by atoms with van der Waals surface area (Å²) < 4.78 is 5.59. The Hall–Kier alpha value is -6.26. The first-order valence-corrected chi connectivity index (χ1v) is 20.7. The Bertz CT molecular complexity index is 3500. The lowest BCUT2D eigenvalue weighted by Crippen LogP contribution is -2.53. The second-order valence-electron chi connectivity index (χ2n) is 15.5. The van der Waals surface area contributed by atoms with E-state index in [0.29, 0.717) is 0 Å². The fraction of sp³-hybridized carbons (Fsp3) is 0. The van der Waals surface area contributed by atoms with Crippen LogP contribution in [-0.4, -0.2) is 6.71 Å². The van der Waals surface area contributed by atoms with Gasteiger partial charge in [-0.3, -0.25) is 0 Å². The van der Waals surface area contributed by atoms with Crippen LogP contribution in [0.1, 0.15) is 0 Å². The van der Waals surface area contributed by atoms with E-state index in [1.54, 1.807) is 0 Å². The molecule has 12 aromatic rings. The molecular weight excluding hydrogens is 700 g/mol. The molecule has 0 radical (unpaired) electrons. The quantitative estimate of drug-likeness (QED) is 0.148. The summed E-state index contributed by atoms with van der Waals surface area (Å²) in [6.45, 7) is 0.0238. The van der Waals surface area contributed by atoms with Crippen LogP contribution in [0.5, 0.6) is 0 Å². The largest absolute Gasteiger partial charge is 0.244 e. The van der Waals surface area contributed by atoms with Gasteiger partial charge in [-0.15, -0.1) is 22.7 Å². The van der Waals surface area contributed by atoms with E-state index in [0.717, 1.165) is 0 Å². The van der Waals surface area contributed by atoms with Crippen molar-refractivity contribution >= 4 is 129 Å². The van der Waals surface area contributed by atoms with Crippen molar-refractivity contribution in [3.8, 4) is 33.4 Å². The lowest BCUT2D eigenvalue weighted by Gasteiger charge is -2.23. The molecule has 0 saturated carbocycles. The Morgan fingerprint density at radius 3 is 1.15 bits per heavy atom. The van der Waals surface area contributed by atoms with Crippen LogP contribution in [0.25, 0.3) is 117 Å². The van der Waals surface area contributed by atoms with E-state index in [-0.39, 0.29) is 6.71 Å². The lowest BCUT2D eigenvalue weighted by atomic mass is 9.35. The molecule has 0 atom stereocenters. The Morgan fingerprint density at radius 1 is 0.309 bits per heavy atom. The highest BCUT2D eigenvalue weighted by atomic mass is 32.1. The molecule has 3 heteroatoms. The Balaban J connectivity index is 1.31. The molecule has 0 saturated heterocycles. The second-order valence-corrected chi connectivity index (χ2v) is 17.5. The monoisotopic (exact) mass is 726 g/mol. The zero-order chi connectivity index (χ0) is 35.5. The highest BCUT2D eigenvalue weighted by Crippen LogP contribution is 2.51. The molecule has 2 aliphatic rings. The summed E-state index contributed by atoms with van der Waals surface area (Å²) in [6.07, 6.45) is 0. The third-order valence-electron chi connectivity index (χ3n) is 12.8. The molecule has 0 nitrogen and oxygen atoms in total. The first kappa shape index (κ1) is 29.1. The minimum atomic E-state index is 0.0238. The summed E-state index contributed by atoms with van der Waals surface area (Å²) in [4.78, 5) is 0. The predicted molar refractivity (Wildman–Crippen MR) is 243 cm³/mol.